The van der Waals surface area contributed by atoms with E-state index in [4.69, 9.17) is 0 Å². The fourth-order valence-corrected chi connectivity index (χ4v) is 3.33. The molecule has 12 heavy (non-hydrogen) atoms. The first-order chi connectivity index (χ1) is 5.52. The van der Waals surface area contributed by atoms with E-state index in [0.717, 1.165) is 5.92 Å². The van der Waals surface area contributed by atoms with Crippen LogP contribution in [0.5, 0.6) is 0 Å². The standard InChI is InChI=1S/C12H19/c1-5-9-8-10-6-7-12(9,4)11(10,2)3/h5,10H,1,6-8H2,2-4H3. The molecule has 2 rings (SSSR count). The molecule has 1 radical (unpaired) electrons. The van der Waals surface area contributed by atoms with Gasteiger partial charge in [-0.15, -0.1) is 6.58 Å². The molecule has 2 aliphatic carbocycles. The van der Waals surface area contributed by atoms with E-state index in [1.165, 1.54) is 19.3 Å². The summed E-state index contributed by atoms with van der Waals surface area (Å²) in [4.78, 5) is 0. The molecule has 0 saturated heterocycles. The Morgan fingerprint density at radius 3 is 2.33 bits per heavy atom. The van der Waals surface area contributed by atoms with Crippen LogP contribution in [0.1, 0.15) is 40.0 Å². The molecule has 2 aliphatic rings. The predicted molar refractivity (Wildman–Crippen MR) is 52.7 cm³/mol. The van der Waals surface area contributed by atoms with E-state index in [0.29, 0.717) is 10.8 Å². The van der Waals surface area contributed by atoms with E-state index in [1.54, 1.807) is 5.92 Å². The van der Waals surface area contributed by atoms with Crippen LogP contribution < -0.4 is 0 Å². The Morgan fingerprint density at radius 2 is 2.08 bits per heavy atom. The van der Waals surface area contributed by atoms with Crippen LogP contribution in [0.15, 0.2) is 12.7 Å². The molecule has 0 aromatic heterocycles. The Balaban J connectivity index is 2.39. The maximum atomic E-state index is 3.94. The van der Waals surface area contributed by atoms with E-state index >= 15 is 0 Å². The fraction of sp³-hybridized carbons (Fsp3) is 0.750. The van der Waals surface area contributed by atoms with E-state index in [1.807, 2.05) is 0 Å². The van der Waals surface area contributed by atoms with Crippen LogP contribution in [0.25, 0.3) is 0 Å². The second kappa shape index (κ2) is 2.16. The highest BCUT2D eigenvalue weighted by atomic mass is 14.6. The molecule has 0 heterocycles. The van der Waals surface area contributed by atoms with Gasteiger partial charge in [-0.2, -0.15) is 0 Å². The van der Waals surface area contributed by atoms with Crippen LogP contribution in [-0.2, 0) is 0 Å². The van der Waals surface area contributed by atoms with Crippen molar-refractivity contribution in [1.82, 2.24) is 0 Å². The van der Waals surface area contributed by atoms with Crippen molar-refractivity contribution in [2.24, 2.45) is 16.7 Å². The van der Waals surface area contributed by atoms with Crippen LogP contribution >= 0.6 is 0 Å². The van der Waals surface area contributed by atoms with E-state index < -0.39 is 0 Å². The van der Waals surface area contributed by atoms with Crippen molar-refractivity contribution in [2.75, 3.05) is 0 Å². The summed E-state index contributed by atoms with van der Waals surface area (Å²) >= 11 is 0. The fourth-order valence-electron chi connectivity index (χ4n) is 3.33. The average molecular weight is 163 g/mol. The van der Waals surface area contributed by atoms with Crippen molar-refractivity contribution in [3.8, 4) is 0 Å². The monoisotopic (exact) mass is 163 g/mol. The van der Waals surface area contributed by atoms with Crippen LogP contribution in [-0.4, -0.2) is 0 Å². The highest BCUT2D eigenvalue weighted by molar-refractivity contribution is 5.29. The summed E-state index contributed by atoms with van der Waals surface area (Å²) in [5.41, 5.74) is 0.996. The molecule has 0 amide bonds. The van der Waals surface area contributed by atoms with Crippen molar-refractivity contribution >= 4 is 0 Å². The molecular weight excluding hydrogens is 144 g/mol. The number of fused-ring (bicyclic) bond motifs is 2. The molecule has 0 heteroatoms. The largest absolute Gasteiger partial charge is 0.102 e. The van der Waals surface area contributed by atoms with Gasteiger partial charge in [0, 0.05) is 5.92 Å². The second-order valence-corrected chi connectivity index (χ2v) is 5.22. The summed E-state index contributed by atoms with van der Waals surface area (Å²) < 4.78 is 0. The Hall–Kier alpha value is -0.260. The molecule has 2 bridgehead atoms. The SMILES string of the molecule is C=C[C]1CC2CCC1(C)C2(C)C. The topological polar surface area (TPSA) is 0 Å². The van der Waals surface area contributed by atoms with Gasteiger partial charge in [-0.1, -0.05) is 26.8 Å². The smallest absolute Gasteiger partial charge is 0.00372 e. The van der Waals surface area contributed by atoms with E-state index in [9.17, 15) is 0 Å². The summed E-state index contributed by atoms with van der Waals surface area (Å²) in [6.45, 7) is 11.2. The molecular formula is C12H19. The Labute approximate surface area is 76.1 Å². The lowest BCUT2D eigenvalue weighted by molar-refractivity contribution is 0.169. The zero-order valence-electron chi connectivity index (χ0n) is 8.48. The van der Waals surface area contributed by atoms with E-state index in [2.05, 4.69) is 33.4 Å². The number of rotatable bonds is 1. The lowest BCUT2D eigenvalue weighted by Gasteiger charge is -2.37. The third-order valence-corrected chi connectivity index (χ3v) is 4.86. The van der Waals surface area contributed by atoms with Gasteiger partial charge in [-0.3, -0.25) is 0 Å². The van der Waals surface area contributed by atoms with Crippen molar-refractivity contribution in [3.63, 3.8) is 0 Å². The summed E-state index contributed by atoms with van der Waals surface area (Å²) in [5.74, 6) is 2.54. The van der Waals surface area contributed by atoms with Gasteiger partial charge < -0.3 is 0 Å². The Kier molecular flexibility index (Phi) is 1.50. The van der Waals surface area contributed by atoms with Crippen molar-refractivity contribution in [1.29, 1.82) is 0 Å². The van der Waals surface area contributed by atoms with Crippen LogP contribution in [0.3, 0.4) is 0 Å². The van der Waals surface area contributed by atoms with Gasteiger partial charge in [0.05, 0.1) is 0 Å². The number of allylic oxidation sites excluding steroid dienone is 1. The number of hydrogen-bond acceptors (Lipinski definition) is 0. The molecule has 0 aliphatic heterocycles. The quantitative estimate of drug-likeness (QED) is 0.554. The van der Waals surface area contributed by atoms with Gasteiger partial charge in [-0.25, -0.2) is 0 Å². The third kappa shape index (κ3) is 0.694. The minimum Gasteiger partial charge on any atom is -0.102 e. The van der Waals surface area contributed by atoms with Crippen molar-refractivity contribution in [3.05, 3.63) is 18.6 Å². The molecule has 2 saturated carbocycles. The lowest BCUT2D eigenvalue weighted by atomic mass is 9.67. The maximum Gasteiger partial charge on any atom is 0.00372 e. The van der Waals surface area contributed by atoms with E-state index in [-0.39, 0.29) is 0 Å². The molecule has 2 atom stereocenters. The first-order valence-electron chi connectivity index (χ1n) is 5.01. The molecule has 0 aromatic rings. The minimum absolute atomic E-state index is 0.472. The minimum atomic E-state index is 0.472. The first-order valence-corrected chi connectivity index (χ1v) is 5.01. The Bertz CT molecular complexity index is 214. The third-order valence-electron chi connectivity index (χ3n) is 4.86. The van der Waals surface area contributed by atoms with Gasteiger partial charge in [-0.05, 0) is 36.0 Å². The van der Waals surface area contributed by atoms with Crippen LogP contribution in [0, 0.1) is 22.7 Å². The van der Waals surface area contributed by atoms with Gasteiger partial charge in [0.15, 0.2) is 0 Å². The average Bonchev–Trinajstić information content (AvgIpc) is 2.34. The zero-order chi connectivity index (χ0) is 8.98. The molecule has 67 valence electrons. The van der Waals surface area contributed by atoms with Crippen molar-refractivity contribution < 1.29 is 0 Å². The zero-order valence-corrected chi connectivity index (χ0v) is 8.48. The van der Waals surface area contributed by atoms with Crippen LogP contribution in [0.2, 0.25) is 0 Å². The van der Waals surface area contributed by atoms with Gasteiger partial charge in [0.2, 0.25) is 0 Å². The normalized spacial score (nSPS) is 45.1. The van der Waals surface area contributed by atoms with Gasteiger partial charge in [0.1, 0.15) is 0 Å². The molecule has 2 fully saturated rings. The summed E-state index contributed by atoms with van der Waals surface area (Å²) in [6.07, 6.45) is 6.24. The predicted octanol–water partition coefficient (Wildman–Crippen LogP) is 3.59. The molecule has 0 spiro atoms. The van der Waals surface area contributed by atoms with Gasteiger partial charge >= 0.3 is 0 Å². The maximum absolute atomic E-state index is 3.94. The highest BCUT2D eigenvalue weighted by Gasteiger charge is 2.60. The van der Waals surface area contributed by atoms with Crippen LogP contribution in [0.4, 0.5) is 0 Å². The summed E-state index contributed by atoms with van der Waals surface area (Å²) in [7, 11) is 0. The highest BCUT2D eigenvalue weighted by Crippen LogP contribution is 2.69. The lowest BCUT2D eigenvalue weighted by Crippen LogP contribution is -2.30. The van der Waals surface area contributed by atoms with Crippen molar-refractivity contribution in [2.45, 2.75) is 40.0 Å². The molecule has 2 unspecified atom stereocenters. The molecule has 0 aromatic carbocycles. The summed E-state index contributed by atoms with van der Waals surface area (Å²) in [5, 5.41) is 0. The first kappa shape index (κ1) is 8.34. The number of hydrogen-bond donors (Lipinski definition) is 0. The summed E-state index contributed by atoms with van der Waals surface area (Å²) in [6, 6.07) is 0. The van der Waals surface area contributed by atoms with Gasteiger partial charge in [0.25, 0.3) is 0 Å². The second-order valence-electron chi connectivity index (χ2n) is 5.22. The Morgan fingerprint density at radius 1 is 1.42 bits per heavy atom. The molecule has 0 nitrogen and oxygen atoms in total. The molecule has 0 N–H and O–H groups in total.